The summed E-state index contributed by atoms with van der Waals surface area (Å²) in [7, 11) is 1.60. The number of carbonyl (C=O) groups excluding carboxylic acids is 3. The number of hydrogen-bond acceptors (Lipinski definition) is 3. The van der Waals surface area contributed by atoms with Gasteiger partial charge in [0.25, 0.3) is 17.6 Å². The van der Waals surface area contributed by atoms with Gasteiger partial charge in [-0.05, 0) is 37.6 Å². The summed E-state index contributed by atoms with van der Waals surface area (Å²) >= 11 is 5.72. The number of carbonyl (C=O) groups is 3. The molecule has 1 aromatic heterocycles. The van der Waals surface area contributed by atoms with Gasteiger partial charge in [-0.1, -0.05) is 17.5 Å². The maximum absolute atomic E-state index is 13.3. The predicted molar refractivity (Wildman–Crippen MR) is 100 cm³/mol. The van der Waals surface area contributed by atoms with E-state index >= 15 is 0 Å². The average Bonchev–Trinajstić information content (AvgIpc) is 2.84. The maximum Gasteiger partial charge on any atom is 0.293 e. The zero-order valence-electron chi connectivity index (χ0n) is 14.9. The number of halogens is 2. The fourth-order valence-electron chi connectivity index (χ4n) is 2.72. The Morgan fingerprint density at radius 1 is 1.30 bits per heavy atom. The molecular formula is C19H17ClFN3O3. The zero-order valence-corrected chi connectivity index (χ0v) is 15.7. The van der Waals surface area contributed by atoms with Crippen LogP contribution in [0.15, 0.2) is 18.2 Å². The Kier molecular flexibility index (Phi) is 6.03. The summed E-state index contributed by atoms with van der Waals surface area (Å²) in [5.41, 5.74) is 1.43. The van der Waals surface area contributed by atoms with Gasteiger partial charge in [0.05, 0.1) is 17.1 Å². The van der Waals surface area contributed by atoms with Crippen molar-refractivity contribution in [2.75, 3.05) is 11.9 Å². The lowest BCUT2D eigenvalue weighted by molar-refractivity contribution is -0.116. The average molecular weight is 390 g/mol. The first-order valence-electron chi connectivity index (χ1n) is 7.87. The number of terminal acetylenes is 1. The Hall–Kier alpha value is -3.11. The number of anilines is 1. The molecule has 2 N–H and O–H groups in total. The summed E-state index contributed by atoms with van der Waals surface area (Å²) in [5.74, 6) is -0.539. The van der Waals surface area contributed by atoms with Crippen molar-refractivity contribution in [3.05, 3.63) is 51.6 Å². The van der Waals surface area contributed by atoms with Gasteiger partial charge >= 0.3 is 0 Å². The molecule has 2 amide bonds. The van der Waals surface area contributed by atoms with E-state index in [0.29, 0.717) is 16.9 Å². The first kappa shape index (κ1) is 20.2. The van der Waals surface area contributed by atoms with Gasteiger partial charge in [0, 0.05) is 18.4 Å². The van der Waals surface area contributed by atoms with E-state index in [-0.39, 0.29) is 22.8 Å². The van der Waals surface area contributed by atoms with Crippen LogP contribution in [-0.2, 0) is 11.8 Å². The van der Waals surface area contributed by atoms with Crippen LogP contribution in [0.1, 0.15) is 32.1 Å². The minimum atomic E-state index is -0.845. The Bertz CT molecular complexity index is 989. The van der Waals surface area contributed by atoms with Crippen LogP contribution < -0.4 is 10.6 Å². The summed E-state index contributed by atoms with van der Waals surface area (Å²) < 4.78 is 14.8. The second-order valence-electron chi connectivity index (χ2n) is 5.79. The number of ketones is 1. The van der Waals surface area contributed by atoms with Gasteiger partial charge in [0.2, 0.25) is 0 Å². The fraction of sp³-hybridized carbons (Fsp3) is 0.211. The van der Waals surface area contributed by atoms with E-state index in [4.69, 9.17) is 18.0 Å². The van der Waals surface area contributed by atoms with Crippen molar-refractivity contribution in [1.29, 1.82) is 0 Å². The Morgan fingerprint density at radius 2 is 1.96 bits per heavy atom. The SMILES string of the molecule is C#CCNC(=O)C(=O)c1c(C)c(C(=O)Nc2ccc(F)c(Cl)c2)n(C)c1C. The molecule has 0 spiro atoms. The lowest BCUT2D eigenvalue weighted by atomic mass is 10.0. The number of amides is 2. The monoisotopic (exact) mass is 389 g/mol. The topological polar surface area (TPSA) is 80.2 Å². The van der Waals surface area contributed by atoms with Crippen molar-refractivity contribution in [3.63, 3.8) is 0 Å². The third-order valence-electron chi connectivity index (χ3n) is 4.11. The number of Topliss-reactive ketones (excluding diaryl/α,β-unsaturated/α-hetero) is 1. The molecule has 8 heteroatoms. The lowest BCUT2D eigenvalue weighted by Gasteiger charge is -2.08. The minimum Gasteiger partial charge on any atom is -0.343 e. The largest absolute Gasteiger partial charge is 0.343 e. The number of hydrogen-bond donors (Lipinski definition) is 2. The molecule has 0 aliphatic rings. The minimum absolute atomic E-state index is 0.0752. The zero-order chi connectivity index (χ0) is 20.3. The maximum atomic E-state index is 13.3. The highest BCUT2D eigenvalue weighted by Gasteiger charge is 2.28. The van der Waals surface area contributed by atoms with Crippen LogP contribution in [0.2, 0.25) is 5.02 Å². The summed E-state index contributed by atoms with van der Waals surface area (Å²) in [6, 6.07) is 3.77. The van der Waals surface area contributed by atoms with Crippen molar-refractivity contribution in [2.24, 2.45) is 7.05 Å². The van der Waals surface area contributed by atoms with E-state index in [2.05, 4.69) is 16.6 Å². The van der Waals surface area contributed by atoms with Gasteiger partial charge in [-0.15, -0.1) is 6.42 Å². The van der Waals surface area contributed by atoms with Crippen LogP contribution >= 0.6 is 11.6 Å². The van der Waals surface area contributed by atoms with Crippen molar-refractivity contribution >= 4 is 34.9 Å². The number of aromatic nitrogens is 1. The molecule has 1 aromatic carbocycles. The molecule has 0 unspecified atom stereocenters. The lowest BCUT2D eigenvalue weighted by Crippen LogP contribution is -2.31. The van der Waals surface area contributed by atoms with Gasteiger partial charge in [0.15, 0.2) is 0 Å². The first-order chi connectivity index (χ1) is 12.7. The van der Waals surface area contributed by atoms with E-state index in [0.717, 1.165) is 6.07 Å². The Labute approximate surface area is 160 Å². The predicted octanol–water partition coefficient (Wildman–Crippen LogP) is 2.62. The van der Waals surface area contributed by atoms with Crippen LogP contribution in [0.3, 0.4) is 0 Å². The Morgan fingerprint density at radius 3 is 2.56 bits per heavy atom. The molecule has 0 saturated carbocycles. The van der Waals surface area contributed by atoms with Gasteiger partial charge < -0.3 is 15.2 Å². The molecule has 0 aliphatic heterocycles. The van der Waals surface area contributed by atoms with E-state index in [1.54, 1.807) is 20.9 Å². The standard InChI is InChI=1S/C19H17ClFN3O3/c1-5-8-22-19(27)17(25)15-10(2)16(24(4)11(15)3)18(26)23-12-6-7-14(21)13(20)9-12/h1,6-7,9H,8H2,2-4H3,(H,22,27)(H,23,26). The fourth-order valence-corrected chi connectivity index (χ4v) is 2.90. The molecule has 140 valence electrons. The normalized spacial score (nSPS) is 10.2. The molecule has 0 radical (unpaired) electrons. The molecule has 2 rings (SSSR count). The summed E-state index contributed by atoms with van der Waals surface area (Å²) in [4.78, 5) is 37.1. The van der Waals surface area contributed by atoms with Crippen LogP contribution in [0.5, 0.6) is 0 Å². The highest BCUT2D eigenvalue weighted by atomic mass is 35.5. The molecular weight excluding hydrogens is 373 g/mol. The molecule has 0 fully saturated rings. The van der Waals surface area contributed by atoms with Crippen LogP contribution in [0, 0.1) is 32.0 Å². The highest BCUT2D eigenvalue weighted by molar-refractivity contribution is 6.43. The van der Waals surface area contributed by atoms with Crippen LogP contribution in [-0.4, -0.2) is 28.7 Å². The number of benzene rings is 1. The summed E-state index contributed by atoms with van der Waals surface area (Å²) in [5, 5.41) is 4.78. The second-order valence-corrected chi connectivity index (χ2v) is 6.20. The summed E-state index contributed by atoms with van der Waals surface area (Å²) in [6.07, 6.45) is 5.07. The molecule has 0 aliphatic carbocycles. The smallest absolute Gasteiger partial charge is 0.293 e. The van der Waals surface area contributed by atoms with Crippen molar-refractivity contribution in [1.82, 2.24) is 9.88 Å². The van der Waals surface area contributed by atoms with E-state index < -0.39 is 23.4 Å². The van der Waals surface area contributed by atoms with Gasteiger partial charge in [-0.2, -0.15) is 0 Å². The summed E-state index contributed by atoms with van der Waals surface area (Å²) in [6.45, 7) is 3.12. The molecule has 0 atom stereocenters. The van der Waals surface area contributed by atoms with E-state index in [1.807, 2.05) is 0 Å². The molecule has 0 saturated heterocycles. The van der Waals surface area contributed by atoms with Gasteiger partial charge in [-0.25, -0.2) is 4.39 Å². The molecule has 1 heterocycles. The van der Waals surface area contributed by atoms with Crippen molar-refractivity contribution < 1.29 is 18.8 Å². The van der Waals surface area contributed by atoms with Crippen LogP contribution in [0.25, 0.3) is 0 Å². The molecule has 6 nitrogen and oxygen atoms in total. The third-order valence-corrected chi connectivity index (χ3v) is 4.40. The van der Waals surface area contributed by atoms with E-state index in [9.17, 15) is 18.8 Å². The van der Waals surface area contributed by atoms with Crippen molar-refractivity contribution in [3.8, 4) is 12.3 Å². The van der Waals surface area contributed by atoms with Crippen LogP contribution in [0.4, 0.5) is 10.1 Å². The molecule has 0 bridgehead atoms. The Balaban J connectivity index is 2.36. The number of nitrogens with zero attached hydrogens (tertiary/aromatic N) is 1. The molecule has 27 heavy (non-hydrogen) atoms. The third kappa shape index (κ3) is 4.01. The number of nitrogens with one attached hydrogen (secondary N) is 2. The van der Waals surface area contributed by atoms with Crippen molar-refractivity contribution in [2.45, 2.75) is 13.8 Å². The number of rotatable bonds is 5. The van der Waals surface area contributed by atoms with E-state index in [1.165, 1.54) is 16.7 Å². The second kappa shape index (κ2) is 8.06. The quantitative estimate of drug-likeness (QED) is 0.468. The highest BCUT2D eigenvalue weighted by Crippen LogP contribution is 2.24. The van der Waals surface area contributed by atoms with Gasteiger partial charge in [0.1, 0.15) is 11.5 Å². The van der Waals surface area contributed by atoms with Gasteiger partial charge in [-0.3, -0.25) is 14.4 Å². The first-order valence-corrected chi connectivity index (χ1v) is 8.25. The molecule has 2 aromatic rings.